The first-order chi connectivity index (χ1) is 4.66. The minimum Gasteiger partial charge on any atom is -0.311 e. The maximum Gasteiger partial charge on any atom is 0.0132 e. The van der Waals surface area contributed by atoms with Gasteiger partial charge < -0.3 is 5.32 Å². The fourth-order valence-electron chi connectivity index (χ4n) is 0.912. The number of hydrogen-bond donors (Lipinski definition) is 1. The fourth-order valence-corrected chi connectivity index (χ4v) is 1.60. The Morgan fingerprint density at radius 2 is 1.90 bits per heavy atom. The van der Waals surface area contributed by atoms with Crippen LogP contribution in [0.25, 0.3) is 0 Å². The van der Waals surface area contributed by atoms with E-state index in [0.29, 0.717) is 12.1 Å². The zero-order valence-corrected chi connectivity index (χ0v) is 8.29. The fraction of sp³-hybridized carbons (Fsp3) is 1.00. The van der Waals surface area contributed by atoms with E-state index in [1.807, 2.05) is 11.8 Å². The zero-order valence-electron chi connectivity index (χ0n) is 7.48. The molecular weight excluding hydrogens is 142 g/mol. The molecule has 0 amide bonds. The molecule has 0 heterocycles. The molecular formula is C8H19NS. The Morgan fingerprint density at radius 3 is 2.30 bits per heavy atom. The van der Waals surface area contributed by atoms with Crippen LogP contribution < -0.4 is 5.32 Å². The molecule has 1 atom stereocenters. The Labute approximate surface area is 69.0 Å². The summed E-state index contributed by atoms with van der Waals surface area (Å²) in [4.78, 5) is 0. The van der Waals surface area contributed by atoms with Crippen molar-refractivity contribution in [2.24, 2.45) is 0 Å². The molecule has 0 bridgehead atoms. The zero-order chi connectivity index (χ0) is 7.98. The average molecular weight is 161 g/mol. The maximum absolute atomic E-state index is 3.46. The van der Waals surface area contributed by atoms with Crippen molar-refractivity contribution in [1.29, 1.82) is 0 Å². The largest absolute Gasteiger partial charge is 0.311 e. The van der Waals surface area contributed by atoms with Crippen LogP contribution in [-0.4, -0.2) is 23.6 Å². The van der Waals surface area contributed by atoms with E-state index in [1.165, 1.54) is 11.5 Å². The number of hydrogen-bond acceptors (Lipinski definition) is 2. The maximum atomic E-state index is 3.46. The van der Waals surface area contributed by atoms with Gasteiger partial charge in [-0.05, 0) is 12.7 Å². The molecule has 0 radical (unpaired) electrons. The van der Waals surface area contributed by atoms with Crippen LogP contribution in [0.3, 0.4) is 0 Å². The van der Waals surface area contributed by atoms with Crippen LogP contribution >= 0.6 is 11.8 Å². The van der Waals surface area contributed by atoms with Crippen molar-refractivity contribution >= 4 is 11.8 Å². The predicted octanol–water partition coefficient (Wildman–Crippen LogP) is 2.13. The smallest absolute Gasteiger partial charge is 0.0132 e. The van der Waals surface area contributed by atoms with Gasteiger partial charge in [-0.15, -0.1) is 0 Å². The molecule has 62 valence electrons. The average Bonchev–Trinajstić information content (AvgIpc) is 1.82. The van der Waals surface area contributed by atoms with Crippen molar-refractivity contribution in [2.45, 2.75) is 39.8 Å². The Hall–Kier alpha value is 0.310. The topological polar surface area (TPSA) is 12.0 Å². The summed E-state index contributed by atoms with van der Waals surface area (Å²) >= 11 is 2.00. The molecule has 0 fully saturated rings. The van der Waals surface area contributed by atoms with Gasteiger partial charge in [0.05, 0.1) is 0 Å². The van der Waals surface area contributed by atoms with E-state index in [9.17, 15) is 0 Å². The van der Waals surface area contributed by atoms with Crippen LogP contribution in [0, 0.1) is 0 Å². The van der Waals surface area contributed by atoms with Gasteiger partial charge in [0.1, 0.15) is 0 Å². The number of thioether (sulfide) groups is 1. The predicted molar refractivity (Wildman–Crippen MR) is 50.7 cm³/mol. The molecule has 0 spiro atoms. The minimum atomic E-state index is 0.618. The second-order valence-electron chi connectivity index (χ2n) is 2.88. The molecule has 0 saturated carbocycles. The molecule has 0 aliphatic rings. The van der Waals surface area contributed by atoms with Crippen LogP contribution in [0.5, 0.6) is 0 Å². The molecule has 0 saturated heterocycles. The van der Waals surface area contributed by atoms with E-state index in [0.717, 1.165) is 0 Å². The van der Waals surface area contributed by atoms with Crippen molar-refractivity contribution in [3.05, 3.63) is 0 Å². The Bertz CT molecular complexity index is 73.7. The van der Waals surface area contributed by atoms with Gasteiger partial charge in [0.15, 0.2) is 0 Å². The molecule has 10 heavy (non-hydrogen) atoms. The van der Waals surface area contributed by atoms with Crippen LogP contribution in [0.4, 0.5) is 0 Å². The molecule has 0 rings (SSSR count). The van der Waals surface area contributed by atoms with Gasteiger partial charge >= 0.3 is 0 Å². The molecule has 1 nitrogen and oxygen atoms in total. The summed E-state index contributed by atoms with van der Waals surface area (Å²) in [5, 5.41) is 3.46. The van der Waals surface area contributed by atoms with Crippen molar-refractivity contribution in [3.63, 3.8) is 0 Å². The molecule has 0 aromatic heterocycles. The van der Waals surface area contributed by atoms with Crippen LogP contribution in [0.1, 0.15) is 27.7 Å². The molecule has 0 aliphatic carbocycles. The van der Waals surface area contributed by atoms with Crippen molar-refractivity contribution in [2.75, 3.05) is 11.5 Å². The molecule has 0 aliphatic heterocycles. The molecule has 0 aromatic rings. The van der Waals surface area contributed by atoms with Gasteiger partial charge in [-0.1, -0.05) is 20.8 Å². The molecule has 1 unspecified atom stereocenters. The summed E-state index contributed by atoms with van der Waals surface area (Å²) in [7, 11) is 0. The second kappa shape index (κ2) is 6.05. The lowest BCUT2D eigenvalue weighted by Gasteiger charge is -2.15. The van der Waals surface area contributed by atoms with Gasteiger partial charge in [0.25, 0.3) is 0 Å². The third kappa shape index (κ3) is 6.43. The first-order valence-electron chi connectivity index (χ1n) is 4.00. The first-order valence-corrected chi connectivity index (χ1v) is 5.16. The lowest BCUT2D eigenvalue weighted by Crippen LogP contribution is -2.34. The van der Waals surface area contributed by atoms with E-state index in [-0.39, 0.29) is 0 Å². The van der Waals surface area contributed by atoms with E-state index in [4.69, 9.17) is 0 Å². The van der Waals surface area contributed by atoms with Crippen molar-refractivity contribution in [1.82, 2.24) is 5.32 Å². The minimum absolute atomic E-state index is 0.618. The van der Waals surface area contributed by atoms with Gasteiger partial charge in [0.2, 0.25) is 0 Å². The third-order valence-electron chi connectivity index (χ3n) is 1.19. The Balaban J connectivity index is 3.16. The van der Waals surface area contributed by atoms with Crippen LogP contribution in [0.15, 0.2) is 0 Å². The van der Waals surface area contributed by atoms with E-state index >= 15 is 0 Å². The van der Waals surface area contributed by atoms with Crippen LogP contribution in [-0.2, 0) is 0 Å². The summed E-state index contributed by atoms with van der Waals surface area (Å²) in [6.45, 7) is 8.82. The summed E-state index contributed by atoms with van der Waals surface area (Å²) < 4.78 is 0. The van der Waals surface area contributed by atoms with Gasteiger partial charge in [-0.25, -0.2) is 0 Å². The summed E-state index contributed by atoms with van der Waals surface area (Å²) in [6.07, 6.45) is 0. The van der Waals surface area contributed by atoms with Crippen molar-refractivity contribution < 1.29 is 0 Å². The standard InChI is InChI=1S/C8H19NS/c1-5-10-6-8(4)9-7(2)3/h7-9H,5-6H2,1-4H3. The number of nitrogens with one attached hydrogen (secondary N) is 1. The lowest BCUT2D eigenvalue weighted by molar-refractivity contribution is 0.523. The highest BCUT2D eigenvalue weighted by Crippen LogP contribution is 2.01. The van der Waals surface area contributed by atoms with Gasteiger partial charge in [0, 0.05) is 17.8 Å². The van der Waals surface area contributed by atoms with Gasteiger partial charge in [-0.3, -0.25) is 0 Å². The second-order valence-corrected chi connectivity index (χ2v) is 4.20. The van der Waals surface area contributed by atoms with Gasteiger partial charge in [-0.2, -0.15) is 11.8 Å². The quantitative estimate of drug-likeness (QED) is 0.663. The molecule has 1 N–H and O–H groups in total. The highest BCUT2D eigenvalue weighted by molar-refractivity contribution is 7.99. The summed E-state index contributed by atoms with van der Waals surface area (Å²) in [6, 6.07) is 1.28. The Kier molecular flexibility index (Phi) is 6.24. The molecule has 0 aromatic carbocycles. The van der Waals surface area contributed by atoms with E-state index < -0.39 is 0 Å². The lowest BCUT2D eigenvalue weighted by atomic mass is 10.3. The molecule has 2 heteroatoms. The van der Waals surface area contributed by atoms with E-state index in [2.05, 4.69) is 33.0 Å². The third-order valence-corrected chi connectivity index (χ3v) is 2.33. The summed E-state index contributed by atoms with van der Waals surface area (Å²) in [5.41, 5.74) is 0. The van der Waals surface area contributed by atoms with Crippen LogP contribution in [0.2, 0.25) is 0 Å². The summed E-state index contributed by atoms with van der Waals surface area (Å²) in [5.74, 6) is 2.46. The highest BCUT2D eigenvalue weighted by Gasteiger charge is 2.01. The number of rotatable bonds is 5. The van der Waals surface area contributed by atoms with E-state index in [1.54, 1.807) is 0 Å². The first kappa shape index (κ1) is 10.3. The SMILES string of the molecule is CCSCC(C)NC(C)C. The normalized spacial score (nSPS) is 14.1. The highest BCUT2D eigenvalue weighted by atomic mass is 32.2. The van der Waals surface area contributed by atoms with Crippen molar-refractivity contribution in [3.8, 4) is 0 Å². The Morgan fingerprint density at radius 1 is 1.30 bits per heavy atom. The monoisotopic (exact) mass is 161 g/mol.